The molecule has 276 valence electrons. The molecule has 11 nitrogen and oxygen atoms in total. The Hall–Kier alpha value is -4.81. The van der Waals surface area contributed by atoms with Gasteiger partial charge in [-0.15, -0.1) is 0 Å². The molecule has 1 fully saturated rings. The Labute approximate surface area is 292 Å². The van der Waals surface area contributed by atoms with Gasteiger partial charge in [0.05, 0.1) is 30.0 Å². The molecule has 51 heavy (non-hydrogen) atoms. The van der Waals surface area contributed by atoms with Crippen LogP contribution in [0, 0.1) is 23.0 Å². The van der Waals surface area contributed by atoms with Gasteiger partial charge in [0, 0.05) is 24.9 Å². The summed E-state index contributed by atoms with van der Waals surface area (Å²) in [5.74, 6) is -3.36. The molecule has 1 aromatic carbocycles. The standard InChI is InChI=1S/C35H41F5N6O5/c1-8-9-11-20(2)28(35(38,39)40)49-26-19-25(48-22-15-17-46(21(18-22)14-16-41)32(47)50-33(3,4)5)42-29(43-26)30-44-31(51-45-30)34(6,7)27-23(36)12-10-13-24(27)37/h10,12-13,19,21-22,28H,2,8-9,11,14-15,17-18H2,1,3-7H3/t21-,22+,28-/m1/s1. The molecular formula is C35H41F5N6O5. The molecule has 1 aliphatic rings. The summed E-state index contributed by atoms with van der Waals surface area (Å²) in [7, 11) is 0. The second kappa shape index (κ2) is 15.6. The molecule has 16 heteroatoms. The number of nitriles is 1. The topological polar surface area (TPSA) is 136 Å². The number of amides is 1. The molecule has 0 unspecified atom stereocenters. The average molecular weight is 721 g/mol. The van der Waals surface area contributed by atoms with Crippen molar-refractivity contribution in [2.45, 2.75) is 116 Å². The summed E-state index contributed by atoms with van der Waals surface area (Å²) >= 11 is 0. The number of hydrogen-bond donors (Lipinski definition) is 0. The maximum atomic E-state index is 14.7. The van der Waals surface area contributed by atoms with Crippen molar-refractivity contribution in [3.8, 4) is 29.5 Å². The molecule has 4 rings (SSSR count). The lowest BCUT2D eigenvalue weighted by molar-refractivity contribution is -0.184. The number of likely N-dealkylation sites (tertiary alicyclic amines) is 1. The highest BCUT2D eigenvalue weighted by Gasteiger charge is 2.44. The lowest BCUT2D eigenvalue weighted by atomic mass is 9.83. The molecule has 1 amide bonds. The zero-order valence-electron chi connectivity index (χ0n) is 29.3. The molecule has 0 N–H and O–H groups in total. The molecule has 0 saturated carbocycles. The van der Waals surface area contributed by atoms with Gasteiger partial charge in [-0.3, -0.25) is 0 Å². The third-order valence-electron chi connectivity index (χ3n) is 8.10. The van der Waals surface area contributed by atoms with Gasteiger partial charge < -0.3 is 23.6 Å². The number of carbonyl (C=O) groups excluding carboxylic acids is 1. The van der Waals surface area contributed by atoms with Gasteiger partial charge in [-0.1, -0.05) is 31.1 Å². The highest BCUT2D eigenvalue weighted by molar-refractivity contribution is 5.68. The van der Waals surface area contributed by atoms with E-state index in [1.165, 1.54) is 24.8 Å². The van der Waals surface area contributed by atoms with E-state index in [1.807, 2.05) is 6.92 Å². The van der Waals surface area contributed by atoms with Crippen LogP contribution in [0.15, 0.2) is 40.9 Å². The molecule has 1 saturated heterocycles. The minimum absolute atomic E-state index is 0.0281. The van der Waals surface area contributed by atoms with Gasteiger partial charge in [-0.25, -0.2) is 13.6 Å². The SMILES string of the molecule is C=C(CCCC)[C@@H](Oc1cc(O[C@H]2CCN(C(=O)OC(C)(C)C)[C@H](CC#N)C2)nc(-c2noc(C(C)(C)c3c(F)cccc3F)n2)n1)C(F)(F)F. The van der Waals surface area contributed by atoms with E-state index in [0.29, 0.717) is 12.8 Å². The Morgan fingerprint density at radius 3 is 2.37 bits per heavy atom. The van der Waals surface area contributed by atoms with E-state index in [2.05, 4.69) is 32.8 Å². The number of hydrogen-bond acceptors (Lipinski definition) is 10. The van der Waals surface area contributed by atoms with E-state index in [0.717, 1.165) is 18.2 Å². The molecule has 0 bridgehead atoms. The minimum Gasteiger partial charge on any atom is -0.474 e. The number of aromatic nitrogens is 4. The Morgan fingerprint density at radius 1 is 1.10 bits per heavy atom. The Kier molecular flexibility index (Phi) is 11.9. The first kappa shape index (κ1) is 39.0. The maximum Gasteiger partial charge on any atom is 0.429 e. The Bertz CT molecular complexity index is 1730. The van der Waals surface area contributed by atoms with E-state index >= 15 is 0 Å². The largest absolute Gasteiger partial charge is 0.474 e. The number of halogens is 5. The van der Waals surface area contributed by atoms with Crippen molar-refractivity contribution >= 4 is 6.09 Å². The average Bonchev–Trinajstić information content (AvgIpc) is 3.53. The fourth-order valence-electron chi connectivity index (χ4n) is 5.58. The molecule has 3 atom stereocenters. The number of benzene rings is 1. The molecule has 0 spiro atoms. The molecule has 2 aromatic heterocycles. The normalized spacial score (nSPS) is 17.4. The number of carbonyl (C=O) groups is 1. The van der Waals surface area contributed by atoms with Crippen LogP contribution in [0.3, 0.4) is 0 Å². The fourth-order valence-corrected chi connectivity index (χ4v) is 5.58. The van der Waals surface area contributed by atoms with Crippen LogP contribution in [0.2, 0.25) is 0 Å². The Balaban J connectivity index is 1.70. The molecule has 0 aliphatic carbocycles. The summed E-state index contributed by atoms with van der Waals surface area (Å²) in [4.78, 5) is 27.0. The van der Waals surface area contributed by atoms with Crippen LogP contribution in [0.25, 0.3) is 11.6 Å². The zero-order valence-corrected chi connectivity index (χ0v) is 29.3. The van der Waals surface area contributed by atoms with Crippen molar-refractivity contribution in [2.75, 3.05) is 6.54 Å². The van der Waals surface area contributed by atoms with Crippen LogP contribution in [0.5, 0.6) is 11.8 Å². The van der Waals surface area contributed by atoms with Gasteiger partial charge in [0.25, 0.3) is 0 Å². The van der Waals surface area contributed by atoms with Gasteiger partial charge >= 0.3 is 12.3 Å². The van der Waals surface area contributed by atoms with Crippen LogP contribution >= 0.6 is 0 Å². The summed E-state index contributed by atoms with van der Waals surface area (Å²) in [6.07, 6.45) is -6.94. The van der Waals surface area contributed by atoms with Gasteiger partial charge in [-0.05, 0) is 65.2 Å². The van der Waals surface area contributed by atoms with Gasteiger partial charge in [0.1, 0.15) is 23.3 Å². The molecule has 3 aromatic rings. The van der Waals surface area contributed by atoms with Gasteiger partial charge in [-0.2, -0.15) is 33.4 Å². The van der Waals surface area contributed by atoms with Crippen molar-refractivity contribution in [3.05, 3.63) is 59.5 Å². The number of nitrogens with zero attached hydrogens (tertiary/aromatic N) is 6. The lowest BCUT2D eigenvalue weighted by Crippen LogP contribution is -2.50. The Morgan fingerprint density at radius 2 is 1.76 bits per heavy atom. The second-order valence-electron chi connectivity index (χ2n) is 13.8. The smallest absolute Gasteiger partial charge is 0.429 e. The van der Waals surface area contributed by atoms with E-state index in [1.54, 1.807) is 20.8 Å². The maximum absolute atomic E-state index is 14.7. The summed E-state index contributed by atoms with van der Waals surface area (Å²) in [6.45, 7) is 13.7. The zero-order chi connectivity index (χ0) is 37.7. The predicted molar refractivity (Wildman–Crippen MR) is 174 cm³/mol. The monoisotopic (exact) mass is 720 g/mol. The van der Waals surface area contributed by atoms with Gasteiger partial charge in [0.2, 0.25) is 35.4 Å². The summed E-state index contributed by atoms with van der Waals surface area (Å²) in [6, 6.07) is 5.92. The third-order valence-corrected chi connectivity index (χ3v) is 8.10. The van der Waals surface area contributed by atoms with Crippen LogP contribution in [0.1, 0.15) is 91.5 Å². The van der Waals surface area contributed by atoms with E-state index in [4.69, 9.17) is 18.7 Å². The first-order valence-corrected chi connectivity index (χ1v) is 16.5. The van der Waals surface area contributed by atoms with E-state index in [-0.39, 0.29) is 66.8 Å². The van der Waals surface area contributed by atoms with Crippen LogP contribution in [-0.4, -0.2) is 67.7 Å². The van der Waals surface area contributed by atoms with Crippen molar-refractivity contribution in [1.29, 1.82) is 5.26 Å². The lowest BCUT2D eigenvalue weighted by Gasteiger charge is -2.38. The van der Waals surface area contributed by atoms with E-state index in [9.17, 15) is 32.0 Å². The van der Waals surface area contributed by atoms with Gasteiger partial charge in [0.15, 0.2) is 0 Å². The highest BCUT2D eigenvalue weighted by atomic mass is 19.4. The van der Waals surface area contributed by atoms with Crippen LogP contribution in [0.4, 0.5) is 26.7 Å². The van der Waals surface area contributed by atoms with Crippen molar-refractivity contribution in [2.24, 2.45) is 0 Å². The molecular weight excluding hydrogens is 679 g/mol. The minimum atomic E-state index is -4.84. The van der Waals surface area contributed by atoms with Crippen molar-refractivity contribution < 1.29 is 45.5 Å². The fraction of sp³-hybridized carbons (Fsp3) is 0.543. The van der Waals surface area contributed by atoms with Crippen LogP contribution in [-0.2, 0) is 10.2 Å². The third kappa shape index (κ3) is 9.71. The van der Waals surface area contributed by atoms with E-state index < -0.39 is 59.0 Å². The number of rotatable bonds is 12. The van der Waals surface area contributed by atoms with Crippen molar-refractivity contribution in [3.63, 3.8) is 0 Å². The summed E-state index contributed by atoms with van der Waals surface area (Å²) in [5, 5.41) is 13.3. The predicted octanol–water partition coefficient (Wildman–Crippen LogP) is 8.25. The van der Waals surface area contributed by atoms with Crippen molar-refractivity contribution in [1.82, 2.24) is 25.0 Å². The number of unbranched alkanes of at least 4 members (excludes halogenated alkanes) is 1. The number of piperidine rings is 1. The molecule has 1 aliphatic heterocycles. The number of ether oxygens (including phenoxy) is 3. The first-order chi connectivity index (χ1) is 23.8. The summed E-state index contributed by atoms with van der Waals surface area (Å²) in [5.41, 5.74) is -2.80. The molecule has 3 heterocycles. The second-order valence-corrected chi connectivity index (χ2v) is 13.8. The number of alkyl halides is 3. The summed E-state index contributed by atoms with van der Waals surface area (Å²) < 4.78 is 94.6. The van der Waals surface area contributed by atoms with Crippen LogP contribution < -0.4 is 9.47 Å². The highest BCUT2D eigenvalue weighted by Crippen LogP contribution is 2.36. The molecule has 0 radical (unpaired) electrons. The quantitative estimate of drug-likeness (QED) is 0.133. The first-order valence-electron chi connectivity index (χ1n) is 16.5.